The number of rotatable bonds is 5. The molecule has 116 valence electrons. The smallest absolute Gasteiger partial charge is 0.224 e. The van der Waals surface area contributed by atoms with Crippen LogP contribution in [0.15, 0.2) is 55.0 Å². The van der Waals surface area contributed by atoms with Gasteiger partial charge in [0.15, 0.2) is 0 Å². The van der Waals surface area contributed by atoms with E-state index in [4.69, 9.17) is 23.2 Å². The second kappa shape index (κ2) is 7.26. The van der Waals surface area contributed by atoms with Crippen LogP contribution in [0.25, 0.3) is 0 Å². The highest BCUT2D eigenvalue weighted by Crippen LogP contribution is 2.32. The summed E-state index contributed by atoms with van der Waals surface area (Å²) in [4.78, 5) is 12.6. The molecule has 0 bridgehead atoms. The number of nitrogens with zero attached hydrogens (tertiary/aromatic N) is 3. The minimum atomic E-state index is 0.509. The first-order valence-corrected chi connectivity index (χ1v) is 7.65. The van der Waals surface area contributed by atoms with Crippen molar-refractivity contribution in [3.8, 4) is 0 Å². The lowest BCUT2D eigenvalue weighted by molar-refractivity contribution is 1.05. The molecule has 3 aromatic rings. The Morgan fingerprint density at radius 2 is 1.65 bits per heavy atom. The largest absolute Gasteiger partial charge is 0.350 e. The van der Waals surface area contributed by atoms with Crippen molar-refractivity contribution in [2.24, 2.45) is 0 Å². The predicted octanol–water partition coefficient (Wildman–Crippen LogP) is 4.53. The summed E-state index contributed by atoms with van der Waals surface area (Å²) in [6.45, 7) is 0.610. The Balaban J connectivity index is 1.72. The van der Waals surface area contributed by atoms with Crippen LogP contribution < -0.4 is 10.6 Å². The van der Waals surface area contributed by atoms with Gasteiger partial charge in [-0.2, -0.15) is 4.98 Å². The lowest BCUT2D eigenvalue weighted by Crippen LogP contribution is -2.05. The lowest BCUT2D eigenvalue weighted by Gasteiger charge is -2.11. The molecule has 5 nitrogen and oxygen atoms in total. The Bertz CT molecular complexity index is 775. The van der Waals surface area contributed by atoms with Gasteiger partial charge in [0, 0.05) is 25.1 Å². The maximum atomic E-state index is 6.15. The molecular weight excluding hydrogens is 333 g/mol. The number of pyridine rings is 1. The molecule has 0 radical (unpaired) electrons. The Hall–Kier alpha value is -2.37. The van der Waals surface area contributed by atoms with Crippen LogP contribution in [0.5, 0.6) is 0 Å². The first kappa shape index (κ1) is 15.5. The van der Waals surface area contributed by atoms with E-state index in [2.05, 4.69) is 25.6 Å². The van der Waals surface area contributed by atoms with Crippen LogP contribution in [0, 0.1) is 0 Å². The van der Waals surface area contributed by atoms with Gasteiger partial charge in [-0.05, 0) is 35.9 Å². The Labute approximate surface area is 143 Å². The highest BCUT2D eigenvalue weighted by Gasteiger charge is 2.07. The number of aromatic nitrogens is 3. The fourth-order valence-electron chi connectivity index (χ4n) is 1.94. The predicted molar refractivity (Wildman–Crippen MR) is 93.3 cm³/mol. The molecule has 2 aromatic heterocycles. The average molecular weight is 346 g/mol. The summed E-state index contributed by atoms with van der Waals surface area (Å²) in [6.07, 6.45) is 5.15. The Morgan fingerprint density at radius 1 is 0.913 bits per heavy atom. The van der Waals surface area contributed by atoms with E-state index < -0.39 is 0 Å². The summed E-state index contributed by atoms with van der Waals surface area (Å²) in [5, 5.41) is 7.33. The zero-order valence-electron chi connectivity index (χ0n) is 12.0. The molecule has 1 aromatic carbocycles. The molecule has 0 saturated heterocycles. The van der Waals surface area contributed by atoms with Crippen LogP contribution in [-0.4, -0.2) is 15.0 Å². The third-order valence-corrected chi connectivity index (χ3v) is 3.70. The third kappa shape index (κ3) is 4.09. The Morgan fingerprint density at radius 3 is 2.39 bits per heavy atom. The zero-order valence-corrected chi connectivity index (χ0v) is 13.5. The van der Waals surface area contributed by atoms with Gasteiger partial charge in [0.2, 0.25) is 5.95 Å². The Kier molecular flexibility index (Phi) is 4.90. The van der Waals surface area contributed by atoms with Crippen molar-refractivity contribution in [3.05, 3.63) is 70.6 Å². The van der Waals surface area contributed by atoms with Crippen LogP contribution in [0.2, 0.25) is 10.0 Å². The van der Waals surface area contributed by atoms with Crippen molar-refractivity contribution >= 4 is 40.7 Å². The van der Waals surface area contributed by atoms with Gasteiger partial charge in [-0.1, -0.05) is 29.3 Å². The fraction of sp³-hybridized carbons (Fsp3) is 0.0625. The maximum absolute atomic E-state index is 6.15. The van der Waals surface area contributed by atoms with E-state index >= 15 is 0 Å². The van der Waals surface area contributed by atoms with Crippen LogP contribution in [0.4, 0.5) is 17.5 Å². The van der Waals surface area contributed by atoms with E-state index in [1.165, 1.54) is 0 Å². The molecule has 0 amide bonds. The molecule has 0 fully saturated rings. The summed E-state index contributed by atoms with van der Waals surface area (Å²) in [5.41, 5.74) is 1.71. The van der Waals surface area contributed by atoms with Gasteiger partial charge in [-0.3, -0.25) is 4.98 Å². The fourth-order valence-corrected chi connectivity index (χ4v) is 2.43. The van der Waals surface area contributed by atoms with E-state index in [-0.39, 0.29) is 0 Å². The minimum absolute atomic E-state index is 0.509. The van der Waals surface area contributed by atoms with Crippen LogP contribution >= 0.6 is 23.2 Å². The molecule has 0 aliphatic carbocycles. The number of benzene rings is 1. The summed E-state index contributed by atoms with van der Waals surface area (Å²) in [6, 6.07) is 10.9. The van der Waals surface area contributed by atoms with Crippen LogP contribution in [0.3, 0.4) is 0 Å². The van der Waals surface area contributed by atoms with Gasteiger partial charge in [0.25, 0.3) is 0 Å². The van der Waals surface area contributed by atoms with Gasteiger partial charge >= 0.3 is 0 Å². The third-order valence-electron chi connectivity index (χ3n) is 3.07. The molecule has 3 rings (SSSR count). The average Bonchev–Trinajstić information content (AvgIpc) is 2.58. The molecular formula is C16H13Cl2N5. The molecule has 23 heavy (non-hydrogen) atoms. The van der Waals surface area contributed by atoms with Gasteiger partial charge in [-0.25, -0.2) is 4.98 Å². The molecule has 2 heterocycles. The van der Waals surface area contributed by atoms with Crippen molar-refractivity contribution in [1.82, 2.24) is 15.0 Å². The molecule has 2 N–H and O–H groups in total. The van der Waals surface area contributed by atoms with Crippen molar-refractivity contribution < 1.29 is 0 Å². The summed E-state index contributed by atoms with van der Waals surface area (Å²) < 4.78 is 0. The van der Waals surface area contributed by atoms with E-state index in [0.717, 1.165) is 5.56 Å². The summed E-state index contributed by atoms with van der Waals surface area (Å²) >= 11 is 12.3. The molecule has 7 heteroatoms. The second-order valence-electron chi connectivity index (χ2n) is 4.70. The van der Waals surface area contributed by atoms with E-state index in [9.17, 15) is 0 Å². The van der Waals surface area contributed by atoms with Crippen LogP contribution in [-0.2, 0) is 6.54 Å². The number of hydrogen-bond donors (Lipinski definition) is 2. The molecule has 0 atom stereocenters. The minimum Gasteiger partial charge on any atom is -0.350 e. The number of anilines is 3. The van der Waals surface area contributed by atoms with Crippen LogP contribution in [0.1, 0.15) is 5.56 Å². The normalized spacial score (nSPS) is 10.3. The highest BCUT2D eigenvalue weighted by molar-refractivity contribution is 6.39. The SMILES string of the molecule is Clc1cccc(Cl)c1Nc1ccnc(NCc2ccncc2)n1. The standard InChI is InChI=1S/C16H13Cl2N5/c17-12-2-1-3-13(18)15(12)22-14-6-9-20-16(23-14)21-10-11-4-7-19-8-5-11/h1-9H,10H2,(H2,20,21,22,23). The van der Waals surface area contributed by atoms with Crippen molar-refractivity contribution in [3.63, 3.8) is 0 Å². The van der Waals surface area contributed by atoms with Gasteiger partial charge in [0.05, 0.1) is 15.7 Å². The number of para-hydroxylation sites is 1. The van der Waals surface area contributed by atoms with E-state index in [1.54, 1.807) is 42.9 Å². The number of nitrogens with one attached hydrogen (secondary N) is 2. The number of hydrogen-bond acceptors (Lipinski definition) is 5. The molecule has 0 spiro atoms. The van der Waals surface area contributed by atoms with Gasteiger partial charge in [-0.15, -0.1) is 0 Å². The van der Waals surface area contributed by atoms with Crippen molar-refractivity contribution in [2.75, 3.05) is 10.6 Å². The topological polar surface area (TPSA) is 62.7 Å². The number of halogens is 2. The molecule has 0 aliphatic heterocycles. The highest BCUT2D eigenvalue weighted by atomic mass is 35.5. The zero-order chi connectivity index (χ0) is 16.1. The van der Waals surface area contributed by atoms with Crippen molar-refractivity contribution in [2.45, 2.75) is 6.54 Å². The molecule has 0 saturated carbocycles. The van der Waals surface area contributed by atoms with Gasteiger partial charge in [0.1, 0.15) is 5.82 Å². The summed E-state index contributed by atoms with van der Waals surface area (Å²) in [7, 11) is 0. The van der Waals surface area contributed by atoms with E-state index in [0.29, 0.717) is 34.0 Å². The molecule has 0 aliphatic rings. The van der Waals surface area contributed by atoms with Gasteiger partial charge < -0.3 is 10.6 Å². The quantitative estimate of drug-likeness (QED) is 0.710. The monoisotopic (exact) mass is 345 g/mol. The molecule has 0 unspecified atom stereocenters. The lowest BCUT2D eigenvalue weighted by atomic mass is 10.3. The maximum Gasteiger partial charge on any atom is 0.224 e. The first-order valence-electron chi connectivity index (χ1n) is 6.89. The first-order chi connectivity index (χ1) is 11.2. The second-order valence-corrected chi connectivity index (χ2v) is 5.51. The summed E-state index contributed by atoms with van der Waals surface area (Å²) in [5.74, 6) is 1.11. The van der Waals surface area contributed by atoms with Crippen molar-refractivity contribution in [1.29, 1.82) is 0 Å². The van der Waals surface area contributed by atoms with E-state index in [1.807, 2.05) is 12.1 Å².